The fourth-order valence-electron chi connectivity index (χ4n) is 5.58. The van der Waals surface area contributed by atoms with Crippen LogP contribution in [0.25, 0.3) is 0 Å². The van der Waals surface area contributed by atoms with Crippen LogP contribution in [0.2, 0.25) is 0 Å². The predicted octanol–water partition coefficient (Wildman–Crippen LogP) is 0.204. The highest BCUT2D eigenvalue weighted by Crippen LogP contribution is 2.52. The van der Waals surface area contributed by atoms with Gasteiger partial charge in [0.25, 0.3) is 0 Å². The molecule has 0 amide bonds. The van der Waals surface area contributed by atoms with Crippen LogP contribution < -0.4 is 9.47 Å². The van der Waals surface area contributed by atoms with E-state index >= 15 is 0 Å². The molecule has 3 aliphatic heterocycles. The number of hydrogen-bond donors (Lipinski definition) is 5. The zero-order valence-electron chi connectivity index (χ0n) is 23.0. The molecule has 242 valence electrons. The van der Waals surface area contributed by atoms with E-state index in [-0.39, 0.29) is 54.3 Å². The number of rotatable bonds is 7. The van der Waals surface area contributed by atoms with E-state index in [4.69, 9.17) is 14.2 Å². The average Bonchev–Trinajstić information content (AvgIpc) is 2.97. The Labute approximate surface area is 248 Å². The van der Waals surface area contributed by atoms with Crippen molar-refractivity contribution in [3.63, 3.8) is 0 Å². The van der Waals surface area contributed by atoms with E-state index in [1.165, 1.54) is 0 Å². The van der Waals surface area contributed by atoms with Crippen molar-refractivity contribution in [2.45, 2.75) is 48.3 Å². The van der Waals surface area contributed by atoms with Crippen LogP contribution in [0.1, 0.15) is 27.6 Å². The van der Waals surface area contributed by atoms with Crippen molar-refractivity contribution in [2.75, 3.05) is 39.9 Å². The zero-order valence-corrected chi connectivity index (χ0v) is 23.8. The van der Waals surface area contributed by atoms with Crippen LogP contribution in [-0.2, 0) is 26.0 Å². The summed E-state index contributed by atoms with van der Waals surface area (Å²) in [7, 11) is -2.93. The van der Waals surface area contributed by atoms with Gasteiger partial charge in [-0.2, -0.15) is 4.31 Å². The molecule has 5 rings (SSSR count). The van der Waals surface area contributed by atoms with Crippen LogP contribution in [0.4, 0.5) is 13.2 Å². The van der Waals surface area contributed by atoms with E-state index < -0.39 is 82.5 Å². The molecule has 2 saturated heterocycles. The lowest BCUT2D eigenvalue weighted by atomic mass is 9.84. The van der Waals surface area contributed by atoms with Gasteiger partial charge in [-0.1, -0.05) is 0 Å². The topological polar surface area (TPSA) is 196 Å². The largest absolute Gasteiger partial charge is 0.573 e. The highest BCUT2D eigenvalue weighted by Gasteiger charge is 2.53. The second kappa shape index (κ2) is 11.8. The van der Waals surface area contributed by atoms with Gasteiger partial charge in [0.15, 0.2) is 17.6 Å². The summed E-state index contributed by atoms with van der Waals surface area (Å²) in [6.07, 6.45) is -12.3. The number of ether oxygens (including phenoxy) is 4. The molecule has 0 radical (unpaired) electrons. The van der Waals surface area contributed by atoms with E-state index in [9.17, 15) is 51.9 Å². The van der Waals surface area contributed by atoms with E-state index in [0.29, 0.717) is 0 Å². The molecule has 5 N–H and O–H groups in total. The Morgan fingerprint density at radius 3 is 2.23 bits per heavy atom. The molecule has 2 fully saturated rings. The summed E-state index contributed by atoms with van der Waals surface area (Å²) in [5.41, 5.74) is -0.502. The van der Waals surface area contributed by atoms with Crippen LogP contribution in [-0.4, -0.2) is 120 Å². The summed E-state index contributed by atoms with van der Waals surface area (Å²) in [4.78, 5) is 14.7. The van der Waals surface area contributed by atoms with E-state index in [2.05, 4.69) is 4.74 Å². The minimum Gasteiger partial charge on any atom is -0.504 e. The molecule has 3 heterocycles. The summed E-state index contributed by atoms with van der Waals surface area (Å²) in [5.74, 6) is -3.28. The number of aromatic hydroxyl groups is 2. The van der Waals surface area contributed by atoms with Crippen LogP contribution in [0.5, 0.6) is 23.0 Å². The number of nitrogens with zero attached hydrogens (tertiary/aromatic N) is 2. The standard InChI is InChI=1S/C26H29F3N2O12S/c1-40-23-18(33)14(16-17(20(23)35)22-24(42-25(16)37)21(36)19(34)15(11-32)41-22)10-30-6-8-31(9-7-30)44(38,39)13-4-2-12(3-5-13)43-26(27,28)29/h2-5,15,19,21-22,24,32-36H,6-11H2,1H3/t15-,19-,21+,22?,24?/m1/s1. The minimum absolute atomic E-state index is 0.0422. The number of aliphatic hydroxyl groups is 3. The SMILES string of the molecule is COc1c(O)c(CN2CCN(S(=O)(=O)c3ccc(OC(F)(F)F)cc3)CC2)c2c(c1O)C1O[C@H](CO)[C@@H](O)[C@H](O)C1OC2=O. The number of phenolic OH excluding ortho intramolecular Hbond substituents is 2. The third-order valence-electron chi connectivity index (χ3n) is 7.75. The molecule has 0 aliphatic carbocycles. The number of carbonyl (C=O) groups is 1. The molecule has 0 spiro atoms. The lowest BCUT2D eigenvalue weighted by Crippen LogP contribution is -2.58. The van der Waals surface area contributed by atoms with Gasteiger partial charge < -0.3 is 44.5 Å². The maximum absolute atomic E-state index is 13.2. The van der Waals surface area contributed by atoms with Crippen LogP contribution in [0.3, 0.4) is 0 Å². The third-order valence-corrected chi connectivity index (χ3v) is 9.67. The van der Waals surface area contributed by atoms with Gasteiger partial charge in [0, 0.05) is 43.9 Å². The van der Waals surface area contributed by atoms with Gasteiger partial charge in [-0.3, -0.25) is 4.90 Å². The molecular weight excluding hydrogens is 621 g/mol. The molecule has 2 aromatic rings. The fourth-order valence-corrected chi connectivity index (χ4v) is 7.00. The highest BCUT2D eigenvalue weighted by molar-refractivity contribution is 7.89. The number of aliphatic hydroxyl groups excluding tert-OH is 3. The van der Waals surface area contributed by atoms with Gasteiger partial charge in [-0.15, -0.1) is 13.2 Å². The van der Waals surface area contributed by atoms with Gasteiger partial charge in [-0.25, -0.2) is 13.2 Å². The first-order valence-corrected chi connectivity index (χ1v) is 14.7. The molecule has 3 aliphatic rings. The van der Waals surface area contributed by atoms with E-state index in [1.807, 2.05) is 0 Å². The maximum Gasteiger partial charge on any atom is 0.573 e. The van der Waals surface area contributed by atoms with Crippen molar-refractivity contribution < 1.29 is 70.9 Å². The number of carbonyl (C=O) groups excluding carboxylic acids is 1. The molecule has 18 heteroatoms. The molecule has 0 aromatic heterocycles. The summed E-state index contributed by atoms with van der Waals surface area (Å²) < 4.78 is 84.7. The molecule has 2 unspecified atom stereocenters. The van der Waals surface area contributed by atoms with E-state index in [0.717, 1.165) is 35.7 Å². The minimum atomic E-state index is -4.93. The molecule has 44 heavy (non-hydrogen) atoms. The van der Waals surface area contributed by atoms with Gasteiger partial charge in [0.05, 0.1) is 24.2 Å². The lowest BCUT2D eigenvalue weighted by molar-refractivity contribution is -0.274. The number of phenols is 2. The summed E-state index contributed by atoms with van der Waals surface area (Å²) in [5, 5.41) is 52.4. The van der Waals surface area contributed by atoms with Crippen LogP contribution >= 0.6 is 0 Å². The Balaban J connectivity index is 1.38. The molecule has 0 saturated carbocycles. The molecule has 2 aromatic carbocycles. The Morgan fingerprint density at radius 2 is 1.66 bits per heavy atom. The highest BCUT2D eigenvalue weighted by atomic mass is 32.2. The van der Waals surface area contributed by atoms with Crippen molar-refractivity contribution in [1.29, 1.82) is 0 Å². The number of methoxy groups -OCH3 is 1. The van der Waals surface area contributed by atoms with Crippen molar-refractivity contribution in [3.8, 4) is 23.0 Å². The quantitative estimate of drug-likeness (QED) is 0.255. The summed E-state index contributed by atoms with van der Waals surface area (Å²) in [6.45, 7) is -0.763. The number of halogens is 3. The van der Waals surface area contributed by atoms with Crippen molar-refractivity contribution in [1.82, 2.24) is 9.21 Å². The number of benzene rings is 2. The second-order valence-electron chi connectivity index (χ2n) is 10.3. The molecule has 0 bridgehead atoms. The monoisotopic (exact) mass is 650 g/mol. The number of piperazine rings is 1. The maximum atomic E-state index is 13.2. The first kappa shape index (κ1) is 32.0. The Bertz CT molecular complexity index is 1510. The first-order valence-electron chi connectivity index (χ1n) is 13.2. The predicted molar refractivity (Wildman–Crippen MR) is 139 cm³/mol. The van der Waals surface area contributed by atoms with Crippen LogP contribution in [0.15, 0.2) is 29.2 Å². The summed E-state index contributed by atoms with van der Waals surface area (Å²) >= 11 is 0. The number of alkyl halides is 3. The number of esters is 1. The molecular formula is C26H29F3N2O12S. The smallest absolute Gasteiger partial charge is 0.504 e. The Hall–Kier alpha value is -3.39. The van der Waals surface area contributed by atoms with Gasteiger partial charge in [0.2, 0.25) is 15.8 Å². The van der Waals surface area contributed by atoms with Crippen molar-refractivity contribution in [3.05, 3.63) is 41.0 Å². The number of fused-ring (bicyclic) bond motifs is 3. The zero-order chi connectivity index (χ0) is 32.1. The molecule has 5 atom stereocenters. The van der Waals surface area contributed by atoms with Gasteiger partial charge in [0.1, 0.15) is 30.2 Å². The Morgan fingerprint density at radius 1 is 1.02 bits per heavy atom. The summed E-state index contributed by atoms with van der Waals surface area (Å²) in [6, 6.07) is 3.78. The number of sulfonamides is 1. The average molecular weight is 651 g/mol. The van der Waals surface area contributed by atoms with Gasteiger partial charge in [-0.05, 0) is 24.3 Å². The second-order valence-corrected chi connectivity index (χ2v) is 12.3. The normalized spacial score (nSPS) is 26.4. The van der Waals surface area contributed by atoms with Crippen LogP contribution in [0, 0.1) is 0 Å². The lowest BCUT2D eigenvalue weighted by Gasteiger charge is -2.45. The number of hydrogen-bond acceptors (Lipinski definition) is 13. The van der Waals surface area contributed by atoms with Gasteiger partial charge >= 0.3 is 12.3 Å². The van der Waals surface area contributed by atoms with Crippen molar-refractivity contribution in [2.24, 2.45) is 0 Å². The first-order chi connectivity index (χ1) is 20.7. The van der Waals surface area contributed by atoms with Crippen molar-refractivity contribution >= 4 is 16.0 Å². The fraction of sp³-hybridized carbons (Fsp3) is 0.500. The van der Waals surface area contributed by atoms with E-state index in [1.54, 1.807) is 4.90 Å². The molecule has 14 nitrogen and oxygen atoms in total. The third kappa shape index (κ3) is 5.73. The Kier molecular flexibility index (Phi) is 8.62.